The first-order valence-corrected chi connectivity index (χ1v) is 7.44. The molecule has 23 heavy (non-hydrogen) atoms. The summed E-state index contributed by atoms with van der Waals surface area (Å²) in [7, 11) is 0. The van der Waals surface area contributed by atoms with Gasteiger partial charge in [0.25, 0.3) is 0 Å². The van der Waals surface area contributed by atoms with Crippen LogP contribution in [-0.4, -0.2) is 23.6 Å². The number of ether oxygens (including phenoxy) is 1. The predicted molar refractivity (Wildman–Crippen MR) is 89.2 cm³/mol. The lowest BCUT2D eigenvalue weighted by Gasteiger charge is -2.19. The highest BCUT2D eigenvalue weighted by molar-refractivity contribution is 5.79. The van der Waals surface area contributed by atoms with E-state index in [-0.39, 0.29) is 24.5 Å². The average molecular weight is 317 g/mol. The topological polar surface area (TPSA) is 75.6 Å². The van der Waals surface area contributed by atoms with Crippen molar-refractivity contribution >= 4 is 11.9 Å². The fraction of sp³-hybridized carbons (Fsp3) is 0.333. The first-order chi connectivity index (χ1) is 11.0. The molecule has 5 heteroatoms. The first kappa shape index (κ1) is 18.5. The number of carbonyl (C=O) groups is 2. The van der Waals surface area contributed by atoms with Crippen LogP contribution < -0.4 is 10.1 Å². The number of carbonyl (C=O) groups excluding carboxylic acids is 1. The Morgan fingerprint density at radius 2 is 1.78 bits per heavy atom. The number of rotatable bonds is 10. The molecule has 0 aliphatic rings. The zero-order chi connectivity index (χ0) is 17.2. The number of aliphatic carboxylic acids is 1. The van der Waals surface area contributed by atoms with Crippen LogP contribution >= 0.6 is 0 Å². The van der Waals surface area contributed by atoms with Gasteiger partial charge in [0.05, 0.1) is 6.04 Å². The van der Waals surface area contributed by atoms with Gasteiger partial charge in [0.2, 0.25) is 5.91 Å². The number of carboxylic acid groups (broad SMARTS) is 1. The highest BCUT2D eigenvalue weighted by Crippen LogP contribution is 2.19. The lowest BCUT2D eigenvalue weighted by Crippen LogP contribution is -2.32. The summed E-state index contributed by atoms with van der Waals surface area (Å²) in [6.45, 7) is 8.86. The summed E-state index contributed by atoms with van der Waals surface area (Å²) in [5.74, 6) is -0.745. The number of carboxylic acids is 1. The van der Waals surface area contributed by atoms with Gasteiger partial charge in [-0.3, -0.25) is 4.79 Å². The second-order valence-electron chi connectivity index (χ2n) is 5.23. The van der Waals surface area contributed by atoms with E-state index in [2.05, 4.69) is 18.5 Å². The van der Waals surface area contributed by atoms with E-state index < -0.39 is 5.97 Å². The van der Waals surface area contributed by atoms with E-state index in [9.17, 15) is 9.59 Å². The average Bonchev–Trinajstić information content (AvgIpc) is 2.53. The highest BCUT2D eigenvalue weighted by Gasteiger charge is 2.18. The second kappa shape index (κ2) is 9.46. The third-order valence-corrected chi connectivity index (χ3v) is 3.37. The molecule has 0 heterocycles. The molecule has 0 radical (unpaired) electrons. The second-order valence-corrected chi connectivity index (χ2v) is 5.23. The Morgan fingerprint density at radius 1 is 1.22 bits per heavy atom. The summed E-state index contributed by atoms with van der Waals surface area (Å²) in [6.07, 6.45) is 4.67. The molecule has 0 aromatic heterocycles. The molecule has 2 N–H and O–H groups in total. The van der Waals surface area contributed by atoms with Crippen LogP contribution in [0.2, 0.25) is 0 Å². The zero-order valence-corrected chi connectivity index (χ0v) is 13.3. The summed E-state index contributed by atoms with van der Waals surface area (Å²) in [6, 6.07) is 6.82. The molecule has 0 bridgehead atoms. The quantitative estimate of drug-likeness (QED) is 0.650. The third-order valence-electron chi connectivity index (χ3n) is 3.37. The molecule has 1 rings (SSSR count). The van der Waals surface area contributed by atoms with Gasteiger partial charge < -0.3 is 15.2 Å². The molecule has 0 aliphatic heterocycles. The van der Waals surface area contributed by atoms with E-state index in [1.807, 2.05) is 6.92 Å². The SMILES string of the molecule is C=CCC(CC=C)C(=O)NC(C)c1ccc(OCC(=O)O)cc1. The normalized spacial score (nSPS) is 11.6. The summed E-state index contributed by atoms with van der Waals surface area (Å²) in [5.41, 5.74) is 0.914. The van der Waals surface area contributed by atoms with E-state index in [0.29, 0.717) is 18.6 Å². The first-order valence-electron chi connectivity index (χ1n) is 7.44. The molecule has 1 atom stereocenters. The van der Waals surface area contributed by atoms with Crippen molar-refractivity contribution in [2.24, 2.45) is 5.92 Å². The standard InChI is InChI=1S/C18H23NO4/c1-4-6-15(7-5-2)18(22)19-13(3)14-8-10-16(11-9-14)23-12-17(20)21/h4-5,8-11,13,15H,1-2,6-7,12H2,3H3,(H,19,22)(H,20,21). The molecule has 0 aliphatic carbocycles. The van der Waals surface area contributed by atoms with E-state index in [4.69, 9.17) is 9.84 Å². The van der Waals surface area contributed by atoms with Gasteiger partial charge in [-0.1, -0.05) is 24.3 Å². The van der Waals surface area contributed by atoms with Crippen molar-refractivity contribution in [2.75, 3.05) is 6.61 Å². The zero-order valence-electron chi connectivity index (χ0n) is 13.3. The maximum absolute atomic E-state index is 12.3. The molecular weight excluding hydrogens is 294 g/mol. The molecule has 5 nitrogen and oxygen atoms in total. The van der Waals surface area contributed by atoms with Crippen LogP contribution in [0.25, 0.3) is 0 Å². The monoisotopic (exact) mass is 317 g/mol. The molecule has 1 aromatic carbocycles. The van der Waals surface area contributed by atoms with Gasteiger partial charge >= 0.3 is 5.97 Å². The van der Waals surface area contributed by atoms with E-state index in [0.717, 1.165) is 5.56 Å². The maximum Gasteiger partial charge on any atom is 0.341 e. The summed E-state index contributed by atoms with van der Waals surface area (Å²) in [5, 5.41) is 11.5. The molecule has 124 valence electrons. The van der Waals surface area contributed by atoms with Crippen molar-refractivity contribution in [3.05, 3.63) is 55.1 Å². The highest BCUT2D eigenvalue weighted by atomic mass is 16.5. The minimum absolute atomic E-state index is 0.0384. The van der Waals surface area contributed by atoms with Crippen LogP contribution in [0.5, 0.6) is 5.75 Å². The number of hydrogen-bond acceptors (Lipinski definition) is 3. The van der Waals surface area contributed by atoms with Crippen LogP contribution in [0.4, 0.5) is 0 Å². The van der Waals surface area contributed by atoms with Gasteiger partial charge in [-0.2, -0.15) is 0 Å². The largest absolute Gasteiger partial charge is 0.482 e. The van der Waals surface area contributed by atoms with Crippen LogP contribution in [0.15, 0.2) is 49.6 Å². The van der Waals surface area contributed by atoms with Gasteiger partial charge in [0, 0.05) is 5.92 Å². The predicted octanol–water partition coefficient (Wildman–Crippen LogP) is 3.10. The molecule has 0 spiro atoms. The van der Waals surface area contributed by atoms with Crippen LogP contribution in [-0.2, 0) is 9.59 Å². The number of hydrogen-bond donors (Lipinski definition) is 2. The Morgan fingerprint density at radius 3 is 2.26 bits per heavy atom. The molecule has 0 fully saturated rings. The van der Waals surface area contributed by atoms with Crippen LogP contribution in [0, 0.1) is 5.92 Å². The van der Waals surface area contributed by atoms with Crippen molar-refractivity contribution in [3.8, 4) is 5.75 Å². The Labute approximate surface area is 136 Å². The number of nitrogens with one attached hydrogen (secondary N) is 1. The number of amides is 1. The van der Waals surface area contributed by atoms with Crippen LogP contribution in [0.1, 0.15) is 31.4 Å². The van der Waals surface area contributed by atoms with Crippen molar-refractivity contribution in [3.63, 3.8) is 0 Å². The van der Waals surface area contributed by atoms with Crippen molar-refractivity contribution < 1.29 is 19.4 Å². The Bertz CT molecular complexity index is 541. The van der Waals surface area contributed by atoms with E-state index >= 15 is 0 Å². The number of allylic oxidation sites excluding steroid dienone is 2. The van der Waals surface area contributed by atoms with Crippen molar-refractivity contribution in [1.82, 2.24) is 5.32 Å². The summed E-state index contributed by atoms with van der Waals surface area (Å²) >= 11 is 0. The minimum Gasteiger partial charge on any atom is -0.482 e. The molecule has 1 amide bonds. The Hall–Kier alpha value is -2.56. The van der Waals surface area contributed by atoms with Crippen molar-refractivity contribution in [2.45, 2.75) is 25.8 Å². The fourth-order valence-corrected chi connectivity index (χ4v) is 2.13. The lowest BCUT2D eigenvalue weighted by molar-refractivity contribution is -0.139. The Kier molecular flexibility index (Phi) is 7.60. The summed E-state index contributed by atoms with van der Waals surface area (Å²) < 4.78 is 5.08. The van der Waals surface area contributed by atoms with E-state index in [1.165, 1.54) is 0 Å². The third kappa shape index (κ3) is 6.38. The number of benzene rings is 1. The molecule has 0 saturated carbocycles. The fourth-order valence-electron chi connectivity index (χ4n) is 2.13. The maximum atomic E-state index is 12.3. The van der Waals surface area contributed by atoms with Crippen LogP contribution in [0.3, 0.4) is 0 Å². The van der Waals surface area contributed by atoms with Gasteiger partial charge in [0.1, 0.15) is 5.75 Å². The molecule has 1 aromatic rings. The molecular formula is C18H23NO4. The minimum atomic E-state index is -1.02. The van der Waals surface area contributed by atoms with Gasteiger partial charge in [-0.15, -0.1) is 13.2 Å². The van der Waals surface area contributed by atoms with Gasteiger partial charge in [0.15, 0.2) is 6.61 Å². The molecule has 1 unspecified atom stereocenters. The lowest BCUT2D eigenvalue weighted by atomic mass is 9.99. The van der Waals surface area contributed by atoms with Gasteiger partial charge in [-0.25, -0.2) is 4.79 Å². The smallest absolute Gasteiger partial charge is 0.341 e. The Balaban J connectivity index is 2.64. The van der Waals surface area contributed by atoms with Gasteiger partial charge in [-0.05, 0) is 37.5 Å². The van der Waals surface area contributed by atoms with Crippen molar-refractivity contribution in [1.29, 1.82) is 0 Å². The summed E-state index contributed by atoms with van der Waals surface area (Å²) in [4.78, 5) is 22.7. The van der Waals surface area contributed by atoms with E-state index in [1.54, 1.807) is 36.4 Å². The molecule has 0 saturated heterocycles.